The number of piperazine rings is 1. The van der Waals surface area contributed by atoms with E-state index in [1.807, 2.05) is 29.2 Å². The average Bonchev–Trinajstić information content (AvgIpc) is 2.98. The van der Waals surface area contributed by atoms with Gasteiger partial charge in [0.25, 0.3) is 5.91 Å². The van der Waals surface area contributed by atoms with E-state index < -0.39 is 0 Å². The lowest BCUT2D eigenvalue weighted by atomic mass is 9.99. The number of rotatable bonds is 9. The van der Waals surface area contributed by atoms with Crippen molar-refractivity contribution in [2.45, 2.75) is 0 Å². The minimum absolute atomic E-state index is 0.0187. The van der Waals surface area contributed by atoms with Crippen molar-refractivity contribution in [2.24, 2.45) is 0 Å². The first-order chi connectivity index (χ1) is 18.9. The van der Waals surface area contributed by atoms with Crippen LogP contribution in [0, 0.1) is 0 Å². The zero-order valence-corrected chi connectivity index (χ0v) is 22.9. The molecule has 39 heavy (non-hydrogen) atoms. The van der Waals surface area contributed by atoms with E-state index in [0.29, 0.717) is 65.9 Å². The second-order valence-electron chi connectivity index (χ2n) is 8.88. The smallest absolute Gasteiger partial charge is 0.254 e. The largest absolute Gasteiger partial charge is 0.504 e. The molecule has 9 nitrogen and oxygen atoms in total. The van der Waals surface area contributed by atoms with Crippen LogP contribution in [0.5, 0.6) is 34.5 Å². The zero-order chi connectivity index (χ0) is 27.9. The molecule has 3 aromatic rings. The van der Waals surface area contributed by atoms with E-state index >= 15 is 0 Å². The summed E-state index contributed by atoms with van der Waals surface area (Å²) in [6, 6.07) is 16.4. The third-order valence-electron chi connectivity index (χ3n) is 6.71. The molecule has 0 aliphatic carbocycles. The molecule has 1 heterocycles. The van der Waals surface area contributed by atoms with Crippen LogP contribution >= 0.6 is 0 Å². The molecule has 1 aliphatic rings. The van der Waals surface area contributed by atoms with Crippen LogP contribution in [0.2, 0.25) is 0 Å². The number of hydrogen-bond donors (Lipinski definition) is 1. The number of anilines is 1. The molecule has 1 N–H and O–H groups in total. The Kier molecular flexibility index (Phi) is 8.70. The van der Waals surface area contributed by atoms with E-state index in [-0.39, 0.29) is 11.7 Å². The van der Waals surface area contributed by atoms with Gasteiger partial charge in [0.2, 0.25) is 5.75 Å². The molecule has 0 atom stereocenters. The molecule has 3 aromatic carbocycles. The van der Waals surface area contributed by atoms with Crippen LogP contribution in [0.1, 0.15) is 11.1 Å². The number of carbonyl (C=O) groups excluding carboxylic acids is 1. The Morgan fingerprint density at radius 2 is 1.44 bits per heavy atom. The van der Waals surface area contributed by atoms with E-state index in [4.69, 9.17) is 23.7 Å². The topological polar surface area (TPSA) is 89.9 Å². The zero-order valence-electron chi connectivity index (χ0n) is 22.9. The van der Waals surface area contributed by atoms with Crippen molar-refractivity contribution >= 4 is 23.2 Å². The highest BCUT2D eigenvalue weighted by Gasteiger charge is 2.27. The van der Waals surface area contributed by atoms with Crippen molar-refractivity contribution in [3.8, 4) is 34.5 Å². The normalized spacial score (nSPS) is 13.6. The van der Waals surface area contributed by atoms with Crippen molar-refractivity contribution < 1.29 is 33.6 Å². The number of nitrogens with zero attached hydrogens (tertiary/aromatic N) is 2. The third kappa shape index (κ3) is 5.98. The van der Waals surface area contributed by atoms with Crippen LogP contribution in [0.15, 0.2) is 54.6 Å². The van der Waals surface area contributed by atoms with Gasteiger partial charge in [0.15, 0.2) is 23.0 Å². The molecule has 206 valence electrons. The average molecular weight is 535 g/mol. The second-order valence-corrected chi connectivity index (χ2v) is 8.88. The van der Waals surface area contributed by atoms with Gasteiger partial charge >= 0.3 is 0 Å². The van der Waals surface area contributed by atoms with Gasteiger partial charge in [-0.1, -0.05) is 12.1 Å². The van der Waals surface area contributed by atoms with E-state index in [1.165, 1.54) is 28.4 Å². The predicted molar refractivity (Wildman–Crippen MR) is 150 cm³/mol. The maximum Gasteiger partial charge on any atom is 0.254 e. The Hall–Kier alpha value is -4.53. The van der Waals surface area contributed by atoms with Gasteiger partial charge < -0.3 is 38.6 Å². The second kappa shape index (κ2) is 12.3. The minimum Gasteiger partial charge on any atom is -0.504 e. The molecule has 1 aliphatic heterocycles. The summed E-state index contributed by atoms with van der Waals surface area (Å²) >= 11 is 0. The molecule has 1 saturated heterocycles. The van der Waals surface area contributed by atoms with Crippen LogP contribution in [0.3, 0.4) is 0 Å². The lowest BCUT2D eigenvalue weighted by Crippen LogP contribution is -2.49. The molecule has 0 unspecified atom stereocenters. The summed E-state index contributed by atoms with van der Waals surface area (Å²) in [7, 11) is 7.73. The first-order valence-corrected chi connectivity index (χ1v) is 12.5. The van der Waals surface area contributed by atoms with E-state index in [2.05, 4.69) is 4.90 Å². The van der Waals surface area contributed by atoms with Gasteiger partial charge in [0.1, 0.15) is 5.75 Å². The molecule has 9 heteroatoms. The molecule has 0 aromatic heterocycles. The molecular formula is C30H34N2O7. The van der Waals surface area contributed by atoms with Gasteiger partial charge in [-0.15, -0.1) is 0 Å². The monoisotopic (exact) mass is 534 g/mol. The van der Waals surface area contributed by atoms with Crippen LogP contribution < -0.4 is 28.6 Å². The van der Waals surface area contributed by atoms with Gasteiger partial charge in [-0.2, -0.15) is 0 Å². The van der Waals surface area contributed by atoms with E-state index in [0.717, 1.165) is 11.4 Å². The predicted octanol–water partition coefficient (Wildman–Crippen LogP) is 4.32. The Morgan fingerprint density at radius 1 is 0.769 bits per heavy atom. The lowest BCUT2D eigenvalue weighted by Gasteiger charge is -2.36. The van der Waals surface area contributed by atoms with Crippen LogP contribution in [-0.2, 0) is 4.79 Å². The summed E-state index contributed by atoms with van der Waals surface area (Å²) in [5.41, 5.74) is 2.71. The van der Waals surface area contributed by atoms with Crippen LogP contribution in [0.25, 0.3) is 11.6 Å². The Bertz CT molecular complexity index is 1320. The molecule has 0 saturated carbocycles. The summed E-state index contributed by atoms with van der Waals surface area (Å²) < 4.78 is 27.1. The number of phenols is 1. The van der Waals surface area contributed by atoms with Crippen molar-refractivity contribution in [3.63, 3.8) is 0 Å². The summed E-state index contributed by atoms with van der Waals surface area (Å²) in [4.78, 5) is 18.1. The summed E-state index contributed by atoms with van der Waals surface area (Å²) in [6.45, 7) is 2.41. The molecule has 0 radical (unpaired) electrons. The van der Waals surface area contributed by atoms with E-state index in [1.54, 1.807) is 43.5 Å². The van der Waals surface area contributed by atoms with Crippen molar-refractivity contribution in [1.82, 2.24) is 4.90 Å². The molecule has 4 rings (SSSR count). The molecule has 0 bridgehead atoms. The maximum absolute atomic E-state index is 14.0. The fourth-order valence-electron chi connectivity index (χ4n) is 4.61. The Labute approximate surface area is 228 Å². The lowest BCUT2D eigenvalue weighted by molar-refractivity contribution is -0.125. The molecule has 1 amide bonds. The standard InChI is InChI=1S/C30H34N2O7/c1-35-23-8-6-7-22(19-23)31-11-13-32(14-12-31)30(34)24(15-20-9-10-26(36-2)25(33)16-20)21-17-27(37-3)29(39-5)28(18-21)38-4/h6-10,15-19,33H,11-14H2,1-5H3/b24-15+. The maximum atomic E-state index is 14.0. The highest BCUT2D eigenvalue weighted by atomic mass is 16.5. The SMILES string of the molecule is COc1cccc(N2CCN(C(=O)/C(=C/c3ccc(OC)c(O)c3)c3cc(OC)c(OC)c(OC)c3)CC2)c1. The first kappa shape index (κ1) is 27.5. The number of hydrogen-bond acceptors (Lipinski definition) is 8. The van der Waals surface area contributed by atoms with Crippen LogP contribution in [-0.4, -0.2) is 77.6 Å². The molecule has 0 spiro atoms. The summed E-state index contributed by atoms with van der Waals surface area (Å²) in [6.07, 6.45) is 1.75. The van der Waals surface area contributed by atoms with Gasteiger partial charge in [0, 0.05) is 43.5 Å². The first-order valence-electron chi connectivity index (χ1n) is 12.5. The number of benzene rings is 3. The summed E-state index contributed by atoms with van der Waals surface area (Å²) in [5.74, 6) is 2.28. The quantitative estimate of drug-likeness (QED) is 0.321. The van der Waals surface area contributed by atoms with Gasteiger partial charge in [-0.25, -0.2) is 0 Å². The molecular weight excluding hydrogens is 500 g/mol. The number of amides is 1. The minimum atomic E-state index is -0.148. The van der Waals surface area contributed by atoms with Crippen molar-refractivity contribution in [1.29, 1.82) is 0 Å². The fourth-order valence-corrected chi connectivity index (χ4v) is 4.61. The highest BCUT2D eigenvalue weighted by molar-refractivity contribution is 6.24. The van der Waals surface area contributed by atoms with Gasteiger partial charge in [-0.3, -0.25) is 4.79 Å². The van der Waals surface area contributed by atoms with Gasteiger partial charge in [-0.05, 0) is 53.6 Å². The number of phenolic OH excluding ortho intramolecular Hbond substituents is 1. The van der Waals surface area contributed by atoms with Crippen molar-refractivity contribution in [2.75, 3.05) is 66.6 Å². The Morgan fingerprint density at radius 3 is 2.00 bits per heavy atom. The fraction of sp³-hybridized carbons (Fsp3) is 0.300. The molecule has 1 fully saturated rings. The van der Waals surface area contributed by atoms with Gasteiger partial charge in [0.05, 0.1) is 35.5 Å². The van der Waals surface area contributed by atoms with E-state index in [9.17, 15) is 9.90 Å². The third-order valence-corrected chi connectivity index (χ3v) is 6.71. The number of methoxy groups -OCH3 is 5. The van der Waals surface area contributed by atoms with Crippen molar-refractivity contribution in [3.05, 3.63) is 65.7 Å². The summed E-state index contributed by atoms with van der Waals surface area (Å²) in [5, 5.41) is 10.3. The number of ether oxygens (including phenoxy) is 5. The van der Waals surface area contributed by atoms with Crippen LogP contribution in [0.4, 0.5) is 5.69 Å². The number of aromatic hydroxyl groups is 1. The number of carbonyl (C=O) groups is 1. The Balaban J connectivity index is 1.69. The highest BCUT2D eigenvalue weighted by Crippen LogP contribution is 2.41.